The molecular weight excluding hydrogens is 731 g/mol. The highest BCUT2D eigenvalue weighted by molar-refractivity contribution is 6.09. The highest BCUT2D eigenvalue weighted by Gasteiger charge is 2.24. The summed E-state index contributed by atoms with van der Waals surface area (Å²) < 4.78 is 13.1. The van der Waals surface area contributed by atoms with Crippen molar-refractivity contribution in [2.75, 3.05) is 4.90 Å². The van der Waals surface area contributed by atoms with Gasteiger partial charge in [-0.15, -0.1) is 0 Å². The van der Waals surface area contributed by atoms with Gasteiger partial charge in [-0.1, -0.05) is 146 Å². The van der Waals surface area contributed by atoms with Gasteiger partial charge in [-0.25, -0.2) is 0 Å². The van der Waals surface area contributed by atoms with E-state index < -0.39 is 0 Å². The van der Waals surface area contributed by atoms with Crippen LogP contribution in [0, 0.1) is 0 Å². The molecule has 0 amide bonds. The fraction of sp³-hybridized carbons (Fsp3) is 0.0526. The van der Waals surface area contributed by atoms with Crippen LogP contribution in [0.4, 0.5) is 17.1 Å². The Balaban J connectivity index is 0.972. The van der Waals surface area contributed by atoms with Gasteiger partial charge in [-0.05, 0) is 129 Å². The van der Waals surface area contributed by atoms with Gasteiger partial charge in [0, 0.05) is 39.0 Å². The molecule has 1 aliphatic rings. The van der Waals surface area contributed by atoms with Gasteiger partial charge < -0.3 is 14.1 Å². The van der Waals surface area contributed by atoms with Crippen LogP contribution in [0.1, 0.15) is 30.4 Å². The van der Waals surface area contributed by atoms with E-state index in [1.807, 2.05) is 6.07 Å². The monoisotopic (exact) mass is 771 g/mol. The molecule has 10 aromatic rings. The first-order valence-corrected chi connectivity index (χ1v) is 20.7. The third-order valence-electron chi connectivity index (χ3n) is 11.9. The van der Waals surface area contributed by atoms with Crippen molar-refractivity contribution in [1.29, 1.82) is 0 Å². The Bertz CT molecular complexity index is 3200. The van der Waals surface area contributed by atoms with E-state index >= 15 is 0 Å². The van der Waals surface area contributed by atoms with Crippen molar-refractivity contribution in [2.45, 2.75) is 19.3 Å². The second kappa shape index (κ2) is 15.0. The van der Waals surface area contributed by atoms with E-state index in [9.17, 15) is 0 Å². The molecule has 11 rings (SSSR count). The summed E-state index contributed by atoms with van der Waals surface area (Å²) in [6.07, 6.45) is 3.10. The molecule has 0 saturated carbocycles. The Morgan fingerprint density at radius 3 is 1.75 bits per heavy atom. The lowest BCUT2D eigenvalue weighted by Gasteiger charge is -2.26. The molecular formula is C57H41NO2. The minimum atomic E-state index is 0.251. The Morgan fingerprint density at radius 2 is 1.00 bits per heavy atom. The molecule has 0 fully saturated rings. The molecule has 3 heteroatoms. The van der Waals surface area contributed by atoms with Crippen LogP contribution in [0.15, 0.2) is 217 Å². The number of furan rings is 1. The first-order chi connectivity index (χ1) is 29.6. The van der Waals surface area contributed by atoms with Crippen molar-refractivity contribution in [2.24, 2.45) is 0 Å². The molecule has 9 aromatic carbocycles. The van der Waals surface area contributed by atoms with Crippen LogP contribution >= 0.6 is 0 Å². The van der Waals surface area contributed by atoms with E-state index in [1.54, 1.807) is 0 Å². The van der Waals surface area contributed by atoms with E-state index in [0.29, 0.717) is 0 Å². The first-order valence-electron chi connectivity index (χ1n) is 20.7. The number of anilines is 3. The fourth-order valence-corrected chi connectivity index (χ4v) is 8.85. The van der Waals surface area contributed by atoms with Gasteiger partial charge in [-0.3, -0.25) is 0 Å². The molecule has 0 bridgehead atoms. The highest BCUT2D eigenvalue weighted by atomic mass is 16.5. The van der Waals surface area contributed by atoms with Gasteiger partial charge in [0.1, 0.15) is 22.7 Å². The smallest absolute Gasteiger partial charge is 0.135 e. The van der Waals surface area contributed by atoms with E-state index in [2.05, 4.69) is 218 Å². The van der Waals surface area contributed by atoms with Crippen molar-refractivity contribution < 1.29 is 9.15 Å². The van der Waals surface area contributed by atoms with E-state index in [-0.39, 0.29) is 5.92 Å². The zero-order chi connectivity index (χ0) is 40.0. The van der Waals surface area contributed by atoms with Crippen molar-refractivity contribution >= 4 is 55.5 Å². The van der Waals surface area contributed by atoms with E-state index in [1.165, 1.54) is 38.6 Å². The minimum Gasteiger partial charge on any atom is -0.457 e. The zero-order valence-electron chi connectivity index (χ0n) is 33.3. The molecule has 0 spiro atoms. The first kappa shape index (κ1) is 35.5. The average molecular weight is 772 g/mol. The summed E-state index contributed by atoms with van der Waals surface area (Å²) in [7, 11) is 0. The van der Waals surface area contributed by atoms with Gasteiger partial charge in [0.2, 0.25) is 0 Å². The highest BCUT2D eigenvalue weighted by Crippen LogP contribution is 2.45. The summed E-state index contributed by atoms with van der Waals surface area (Å²) in [5.74, 6) is 2.04. The standard InChI is InChI=1S/C57H41NO2/c1-38-19-31-52(43-14-6-3-7-15-43)59-54-33-34-55-57(56(38)54)51-37-47(26-32-53(51)60-55)42-24-29-49(30-25-42)58(48-27-22-41(23-28-48)39-11-4-2-5-12-39)50-18-10-17-45(36-50)46-21-20-40-13-8-9-16-44(40)35-46/h2-18,20-38H,19H2,1H3/t38-/m1/s1. The average Bonchev–Trinajstić information content (AvgIpc) is 3.60. The summed E-state index contributed by atoms with van der Waals surface area (Å²) in [4.78, 5) is 2.35. The molecule has 0 radical (unpaired) electrons. The lowest BCUT2D eigenvalue weighted by molar-refractivity contribution is 0.511. The summed E-state index contributed by atoms with van der Waals surface area (Å²) in [6, 6.07) is 73.5. The molecule has 0 saturated heterocycles. The summed E-state index contributed by atoms with van der Waals surface area (Å²) in [5, 5.41) is 4.71. The summed E-state index contributed by atoms with van der Waals surface area (Å²) >= 11 is 0. The van der Waals surface area contributed by atoms with Crippen molar-refractivity contribution in [3.05, 3.63) is 223 Å². The number of hydrogen-bond acceptors (Lipinski definition) is 3. The topological polar surface area (TPSA) is 25.6 Å². The third-order valence-corrected chi connectivity index (χ3v) is 11.9. The second-order valence-electron chi connectivity index (χ2n) is 15.7. The molecule has 1 aromatic heterocycles. The van der Waals surface area contributed by atoms with Gasteiger partial charge in [-0.2, -0.15) is 0 Å². The molecule has 2 heterocycles. The lowest BCUT2D eigenvalue weighted by Crippen LogP contribution is -2.10. The molecule has 60 heavy (non-hydrogen) atoms. The van der Waals surface area contributed by atoms with Gasteiger partial charge in [0.15, 0.2) is 0 Å². The fourth-order valence-electron chi connectivity index (χ4n) is 8.85. The van der Waals surface area contributed by atoms with E-state index in [0.717, 1.165) is 73.6 Å². The summed E-state index contributed by atoms with van der Waals surface area (Å²) in [6.45, 7) is 2.28. The Morgan fingerprint density at radius 1 is 0.433 bits per heavy atom. The number of benzene rings is 9. The molecule has 0 unspecified atom stereocenters. The van der Waals surface area contributed by atoms with Gasteiger partial charge >= 0.3 is 0 Å². The number of nitrogens with zero attached hydrogens (tertiary/aromatic N) is 1. The number of hydrogen-bond donors (Lipinski definition) is 0. The normalized spacial score (nSPS) is 13.8. The number of allylic oxidation sites excluding steroid dienone is 1. The van der Waals surface area contributed by atoms with Crippen LogP contribution in [0.5, 0.6) is 5.75 Å². The van der Waals surface area contributed by atoms with Crippen molar-refractivity contribution in [3.8, 4) is 39.1 Å². The number of fused-ring (bicyclic) bond motifs is 6. The molecule has 1 aliphatic heterocycles. The predicted molar refractivity (Wildman–Crippen MR) is 250 cm³/mol. The SMILES string of the molecule is C[C@@H]1CC=C(c2ccccc2)Oc2ccc3oc4ccc(-c5ccc(N(c6ccc(-c7ccccc7)cc6)c6cccc(-c7ccc8ccccc8c7)c6)cc5)cc4c3c21. The maximum atomic E-state index is 6.66. The van der Waals surface area contributed by atoms with Crippen LogP contribution in [0.25, 0.3) is 71.9 Å². The Labute approximate surface area is 350 Å². The lowest BCUT2D eigenvalue weighted by atomic mass is 9.92. The zero-order valence-corrected chi connectivity index (χ0v) is 33.3. The van der Waals surface area contributed by atoms with Crippen LogP contribution in [-0.4, -0.2) is 0 Å². The molecule has 286 valence electrons. The van der Waals surface area contributed by atoms with Gasteiger partial charge in [0.05, 0.1) is 0 Å². The van der Waals surface area contributed by atoms with Crippen LogP contribution < -0.4 is 9.64 Å². The van der Waals surface area contributed by atoms with Crippen molar-refractivity contribution in [3.63, 3.8) is 0 Å². The maximum absolute atomic E-state index is 6.66. The number of rotatable bonds is 7. The molecule has 0 aliphatic carbocycles. The Kier molecular flexibility index (Phi) is 8.86. The molecule has 0 N–H and O–H groups in total. The van der Waals surface area contributed by atoms with Crippen LogP contribution in [0.3, 0.4) is 0 Å². The summed E-state index contributed by atoms with van der Waals surface area (Å²) in [5.41, 5.74) is 14.3. The largest absolute Gasteiger partial charge is 0.457 e. The maximum Gasteiger partial charge on any atom is 0.135 e. The predicted octanol–water partition coefficient (Wildman–Crippen LogP) is 16.1. The third kappa shape index (κ3) is 6.51. The van der Waals surface area contributed by atoms with Crippen molar-refractivity contribution in [1.82, 2.24) is 0 Å². The minimum absolute atomic E-state index is 0.251. The van der Waals surface area contributed by atoms with Crippen LogP contribution in [0.2, 0.25) is 0 Å². The van der Waals surface area contributed by atoms with Gasteiger partial charge in [0.25, 0.3) is 0 Å². The quantitative estimate of drug-likeness (QED) is 0.161. The van der Waals surface area contributed by atoms with E-state index in [4.69, 9.17) is 9.15 Å². The molecule has 3 nitrogen and oxygen atoms in total. The van der Waals surface area contributed by atoms with Crippen LogP contribution in [-0.2, 0) is 0 Å². The number of ether oxygens (including phenoxy) is 1. The second-order valence-corrected chi connectivity index (χ2v) is 15.7. The Hall–Kier alpha value is -7.62. The molecule has 1 atom stereocenters.